The Hall–Kier alpha value is -3.02. The van der Waals surface area contributed by atoms with Crippen LogP contribution in [0.15, 0.2) is 48.5 Å². The molecule has 2 aliphatic heterocycles. The Morgan fingerprint density at radius 1 is 1.11 bits per heavy atom. The summed E-state index contributed by atoms with van der Waals surface area (Å²) in [4.78, 5) is 29.2. The zero-order chi connectivity index (χ0) is 19.0. The molecule has 2 amide bonds. The zero-order valence-electron chi connectivity index (χ0n) is 15.4. The number of fused-ring (bicyclic) bond motifs is 1. The van der Waals surface area contributed by atoms with Crippen LogP contribution in [0.1, 0.15) is 20.3 Å². The average molecular weight is 366 g/mol. The first-order valence-electron chi connectivity index (χ1n) is 9.12. The van der Waals surface area contributed by atoms with E-state index in [0.29, 0.717) is 18.0 Å². The van der Waals surface area contributed by atoms with Gasteiger partial charge in [-0.05, 0) is 38.1 Å². The lowest BCUT2D eigenvalue weighted by atomic mass is 10.1. The smallest absolute Gasteiger partial charge is 0.232 e. The van der Waals surface area contributed by atoms with Crippen molar-refractivity contribution in [2.45, 2.75) is 26.3 Å². The van der Waals surface area contributed by atoms with Crippen LogP contribution in [0.3, 0.4) is 0 Å². The van der Waals surface area contributed by atoms with Crippen molar-refractivity contribution in [3.63, 3.8) is 0 Å². The third-order valence-corrected chi connectivity index (χ3v) is 4.93. The monoisotopic (exact) mass is 366 g/mol. The summed E-state index contributed by atoms with van der Waals surface area (Å²) in [5.41, 5.74) is 1.59. The predicted molar refractivity (Wildman–Crippen MR) is 102 cm³/mol. The minimum Gasteiger partial charge on any atom is -0.454 e. The highest BCUT2D eigenvalue weighted by Crippen LogP contribution is 2.37. The summed E-state index contributed by atoms with van der Waals surface area (Å²) in [7, 11) is 0. The summed E-state index contributed by atoms with van der Waals surface area (Å²) >= 11 is 0. The minimum atomic E-state index is -0.370. The predicted octanol–water partition coefficient (Wildman–Crippen LogP) is 3.21. The van der Waals surface area contributed by atoms with Gasteiger partial charge in [0, 0.05) is 36.4 Å². The Morgan fingerprint density at radius 3 is 2.59 bits per heavy atom. The van der Waals surface area contributed by atoms with E-state index in [-0.39, 0.29) is 37.0 Å². The minimum absolute atomic E-state index is 0.00888. The first-order chi connectivity index (χ1) is 13.0. The van der Waals surface area contributed by atoms with Crippen LogP contribution < -0.4 is 19.3 Å². The molecule has 0 bridgehead atoms. The van der Waals surface area contributed by atoms with Gasteiger partial charge >= 0.3 is 0 Å². The third kappa shape index (κ3) is 3.23. The number of anilines is 2. The van der Waals surface area contributed by atoms with Crippen LogP contribution >= 0.6 is 0 Å². The Bertz CT molecular complexity index is 866. The largest absolute Gasteiger partial charge is 0.454 e. The van der Waals surface area contributed by atoms with E-state index in [0.717, 1.165) is 11.4 Å². The van der Waals surface area contributed by atoms with E-state index in [4.69, 9.17) is 9.47 Å². The highest BCUT2D eigenvalue weighted by Gasteiger charge is 2.38. The number of carbonyl (C=O) groups is 2. The molecular formula is C21H22N2O4. The third-order valence-electron chi connectivity index (χ3n) is 4.93. The number of ether oxygens (including phenoxy) is 2. The molecule has 27 heavy (non-hydrogen) atoms. The molecule has 2 aliphatic rings. The molecule has 6 heteroatoms. The van der Waals surface area contributed by atoms with E-state index in [2.05, 4.69) is 0 Å². The second-order valence-corrected chi connectivity index (χ2v) is 7.08. The van der Waals surface area contributed by atoms with Gasteiger partial charge in [-0.1, -0.05) is 18.2 Å². The van der Waals surface area contributed by atoms with E-state index in [9.17, 15) is 9.59 Å². The Kier molecular flexibility index (Phi) is 4.48. The normalized spacial score (nSPS) is 18.3. The van der Waals surface area contributed by atoms with Crippen molar-refractivity contribution in [2.75, 3.05) is 23.1 Å². The van der Waals surface area contributed by atoms with Crippen LogP contribution in [0.2, 0.25) is 0 Å². The molecule has 0 aromatic heterocycles. The second-order valence-electron chi connectivity index (χ2n) is 7.08. The van der Waals surface area contributed by atoms with E-state index in [1.54, 1.807) is 21.9 Å². The van der Waals surface area contributed by atoms with Crippen LogP contribution in [0, 0.1) is 5.92 Å². The standard InChI is InChI=1S/C21H22N2O4/c1-14(2)23(16-6-4-3-5-7-16)21(25)15-10-20(24)22(12-15)17-8-9-18-19(11-17)27-13-26-18/h3-9,11,14-15H,10,12-13H2,1-2H3. The van der Waals surface area contributed by atoms with Gasteiger partial charge in [0.05, 0.1) is 5.92 Å². The van der Waals surface area contributed by atoms with Gasteiger partial charge in [-0.2, -0.15) is 0 Å². The van der Waals surface area contributed by atoms with Gasteiger partial charge in [-0.15, -0.1) is 0 Å². The quantitative estimate of drug-likeness (QED) is 0.834. The molecule has 4 rings (SSSR count). The first kappa shape index (κ1) is 17.4. The van der Waals surface area contributed by atoms with Crippen molar-refractivity contribution in [3.8, 4) is 11.5 Å². The summed E-state index contributed by atoms with van der Waals surface area (Å²) in [6, 6.07) is 15.0. The second kappa shape index (κ2) is 6.95. The maximum atomic E-state index is 13.2. The summed E-state index contributed by atoms with van der Waals surface area (Å²) in [6.45, 7) is 4.52. The molecule has 2 aromatic rings. The number of para-hydroxylation sites is 1. The molecule has 0 radical (unpaired) electrons. The van der Waals surface area contributed by atoms with Crippen LogP contribution in [0.5, 0.6) is 11.5 Å². The molecule has 6 nitrogen and oxygen atoms in total. The Morgan fingerprint density at radius 2 is 1.85 bits per heavy atom. The SMILES string of the molecule is CC(C)N(C(=O)C1CC(=O)N(c2ccc3c(c2)OCO3)C1)c1ccccc1. The molecule has 1 unspecified atom stereocenters. The number of nitrogens with zero attached hydrogens (tertiary/aromatic N) is 2. The van der Waals surface area contributed by atoms with Crippen molar-refractivity contribution in [3.05, 3.63) is 48.5 Å². The van der Waals surface area contributed by atoms with Crippen molar-refractivity contribution < 1.29 is 19.1 Å². The fraction of sp³-hybridized carbons (Fsp3) is 0.333. The fourth-order valence-corrected chi connectivity index (χ4v) is 3.64. The van der Waals surface area contributed by atoms with Crippen molar-refractivity contribution in [1.29, 1.82) is 0 Å². The van der Waals surface area contributed by atoms with Crippen LogP contribution in [-0.4, -0.2) is 31.2 Å². The molecule has 2 aromatic carbocycles. The van der Waals surface area contributed by atoms with Crippen LogP contribution in [-0.2, 0) is 9.59 Å². The van der Waals surface area contributed by atoms with Gasteiger partial charge in [-0.3, -0.25) is 9.59 Å². The summed E-state index contributed by atoms with van der Waals surface area (Å²) in [5, 5.41) is 0. The van der Waals surface area contributed by atoms with Gasteiger partial charge in [0.25, 0.3) is 0 Å². The zero-order valence-corrected chi connectivity index (χ0v) is 15.4. The van der Waals surface area contributed by atoms with Crippen molar-refractivity contribution in [1.82, 2.24) is 0 Å². The topological polar surface area (TPSA) is 59.1 Å². The van der Waals surface area contributed by atoms with Crippen molar-refractivity contribution >= 4 is 23.2 Å². The lowest BCUT2D eigenvalue weighted by Gasteiger charge is -2.29. The molecule has 0 spiro atoms. The van der Waals surface area contributed by atoms with Crippen LogP contribution in [0.4, 0.5) is 11.4 Å². The molecule has 1 saturated heterocycles. The van der Waals surface area contributed by atoms with E-state index in [1.807, 2.05) is 50.2 Å². The molecule has 2 heterocycles. The van der Waals surface area contributed by atoms with E-state index >= 15 is 0 Å². The number of rotatable bonds is 4. The molecule has 0 saturated carbocycles. The van der Waals surface area contributed by atoms with E-state index in [1.165, 1.54) is 0 Å². The van der Waals surface area contributed by atoms with Gasteiger partial charge in [0.15, 0.2) is 11.5 Å². The summed E-state index contributed by atoms with van der Waals surface area (Å²) in [6.07, 6.45) is 0.212. The number of amides is 2. The van der Waals surface area contributed by atoms with Gasteiger partial charge in [0.1, 0.15) is 0 Å². The summed E-state index contributed by atoms with van der Waals surface area (Å²) in [5.74, 6) is 0.860. The number of hydrogen-bond donors (Lipinski definition) is 0. The fourth-order valence-electron chi connectivity index (χ4n) is 3.64. The lowest BCUT2D eigenvalue weighted by molar-refractivity contribution is -0.124. The number of hydrogen-bond acceptors (Lipinski definition) is 4. The average Bonchev–Trinajstić information content (AvgIpc) is 3.28. The maximum absolute atomic E-state index is 13.2. The molecule has 0 N–H and O–H groups in total. The van der Waals surface area contributed by atoms with Gasteiger partial charge in [0.2, 0.25) is 18.6 Å². The molecular weight excluding hydrogens is 344 g/mol. The number of carbonyl (C=O) groups excluding carboxylic acids is 2. The van der Waals surface area contributed by atoms with Gasteiger partial charge < -0.3 is 19.3 Å². The molecule has 1 fully saturated rings. The molecule has 140 valence electrons. The molecule has 0 aliphatic carbocycles. The number of benzene rings is 2. The highest BCUT2D eigenvalue weighted by molar-refractivity contribution is 6.04. The van der Waals surface area contributed by atoms with Gasteiger partial charge in [-0.25, -0.2) is 0 Å². The Labute approximate surface area is 158 Å². The van der Waals surface area contributed by atoms with Crippen LogP contribution in [0.25, 0.3) is 0 Å². The van der Waals surface area contributed by atoms with Crippen molar-refractivity contribution in [2.24, 2.45) is 5.92 Å². The summed E-state index contributed by atoms with van der Waals surface area (Å²) < 4.78 is 10.7. The van der Waals surface area contributed by atoms with E-state index < -0.39 is 0 Å². The highest BCUT2D eigenvalue weighted by atomic mass is 16.7. The first-order valence-corrected chi connectivity index (χ1v) is 9.12. The molecule has 1 atom stereocenters. The maximum Gasteiger partial charge on any atom is 0.232 e. The lowest BCUT2D eigenvalue weighted by Crippen LogP contribution is -2.42. The Balaban J connectivity index is 1.55.